The third kappa shape index (κ3) is 4.05. The van der Waals surface area contributed by atoms with Gasteiger partial charge in [0.05, 0.1) is 0 Å². The van der Waals surface area contributed by atoms with E-state index in [2.05, 4.69) is 17.4 Å². The fraction of sp³-hybridized carbons (Fsp3) is 0.278. The fourth-order valence-electron chi connectivity index (χ4n) is 2.52. The van der Waals surface area contributed by atoms with Crippen LogP contribution in [0.3, 0.4) is 0 Å². The number of anilines is 1. The summed E-state index contributed by atoms with van der Waals surface area (Å²) in [7, 11) is 1.69. The fourth-order valence-corrected chi connectivity index (χ4v) is 3.88. The predicted molar refractivity (Wildman–Crippen MR) is 92.4 cm³/mol. The first-order valence-electron chi connectivity index (χ1n) is 7.63. The summed E-state index contributed by atoms with van der Waals surface area (Å²) in [5, 5.41) is 3.58. The monoisotopic (exact) mass is 330 g/mol. The van der Waals surface area contributed by atoms with Gasteiger partial charge in [-0.3, -0.25) is 4.90 Å². The number of urea groups is 1. The van der Waals surface area contributed by atoms with Crippen LogP contribution in [-0.4, -0.2) is 24.4 Å². The maximum atomic E-state index is 12.9. The summed E-state index contributed by atoms with van der Waals surface area (Å²) < 4.78 is 12.9. The Hall–Kier alpha value is -2.01. The van der Waals surface area contributed by atoms with Crippen molar-refractivity contribution >= 4 is 23.5 Å². The molecule has 5 heteroatoms. The van der Waals surface area contributed by atoms with Gasteiger partial charge in [0.2, 0.25) is 0 Å². The molecule has 0 bridgehead atoms. The van der Waals surface area contributed by atoms with Gasteiger partial charge in [-0.25, -0.2) is 9.18 Å². The van der Waals surface area contributed by atoms with E-state index in [4.69, 9.17) is 0 Å². The van der Waals surface area contributed by atoms with E-state index in [1.165, 1.54) is 21.9 Å². The van der Waals surface area contributed by atoms with Crippen molar-refractivity contribution in [2.75, 3.05) is 11.9 Å². The topological polar surface area (TPSA) is 32.3 Å². The Morgan fingerprint density at radius 3 is 2.43 bits per heavy atom. The summed E-state index contributed by atoms with van der Waals surface area (Å²) >= 11 is 1.86. The molecule has 0 aliphatic heterocycles. The molecule has 0 radical (unpaired) electrons. The van der Waals surface area contributed by atoms with E-state index in [-0.39, 0.29) is 17.9 Å². The Kier molecular flexibility index (Phi) is 4.86. The van der Waals surface area contributed by atoms with Gasteiger partial charge < -0.3 is 5.32 Å². The van der Waals surface area contributed by atoms with Crippen LogP contribution >= 0.6 is 11.8 Å². The van der Waals surface area contributed by atoms with Crippen molar-refractivity contribution < 1.29 is 9.18 Å². The summed E-state index contributed by atoms with van der Waals surface area (Å²) in [6, 6.07) is 16.3. The predicted octanol–water partition coefficient (Wildman–Crippen LogP) is 4.29. The van der Waals surface area contributed by atoms with Gasteiger partial charge in [0.15, 0.2) is 0 Å². The van der Waals surface area contributed by atoms with E-state index in [1.807, 2.05) is 30.0 Å². The number of benzene rings is 2. The molecule has 2 aromatic rings. The van der Waals surface area contributed by atoms with Crippen LogP contribution in [0.5, 0.6) is 0 Å². The van der Waals surface area contributed by atoms with Crippen LogP contribution in [0, 0.1) is 5.82 Å². The second-order valence-corrected chi connectivity index (χ2v) is 7.08. The zero-order valence-electron chi connectivity index (χ0n) is 12.9. The highest BCUT2D eigenvalue weighted by Crippen LogP contribution is 2.36. The highest BCUT2D eigenvalue weighted by molar-refractivity contribution is 8.00. The summed E-state index contributed by atoms with van der Waals surface area (Å²) in [6.45, 7) is 0. The van der Waals surface area contributed by atoms with E-state index >= 15 is 0 Å². The van der Waals surface area contributed by atoms with Crippen LogP contribution in [0.25, 0.3) is 0 Å². The number of rotatable bonds is 4. The van der Waals surface area contributed by atoms with Crippen LogP contribution in [0.4, 0.5) is 14.9 Å². The molecule has 0 heterocycles. The molecule has 0 aromatic heterocycles. The standard InChI is InChI=1S/C18H19FN2OS/c1-21(15-9-7-13(19)8-10-15)18(22)20-14-11-17(12-14)23-16-5-3-2-4-6-16/h2-10,14,17H,11-12H2,1H3,(H,20,22). The van der Waals surface area contributed by atoms with Crippen LogP contribution < -0.4 is 10.2 Å². The van der Waals surface area contributed by atoms with Crippen molar-refractivity contribution in [3.63, 3.8) is 0 Å². The molecule has 2 amide bonds. The van der Waals surface area contributed by atoms with E-state index < -0.39 is 0 Å². The number of thioether (sulfide) groups is 1. The Labute approximate surface area is 139 Å². The Morgan fingerprint density at radius 1 is 1.13 bits per heavy atom. The maximum Gasteiger partial charge on any atom is 0.321 e. The average Bonchev–Trinajstić information content (AvgIpc) is 2.53. The zero-order valence-corrected chi connectivity index (χ0v) is 13.7. The van der Waals surface area contributed by atoms with Crippen molar-refractivity contribution in [1.29, 1.82) is 0 Å². The lowest BCUT2D eigenvalue weighted by Crippen LogP contribution is -2.49. The Balaban J connectivity index is 1.46. The minimum absolute atomic E-state index is 0.148. The molecular weight excluding hydrogens is 311 g/mol. The minimum atomic E-state index is -0.303. The largest absolute Gasteiger partial charge is 0.335 e. The first kappa shape index (κ1) is 15.9. The van der Waals surface area contributed by atoms with Gasteiger partial charge in [-0.1, -0.05) is 18.2 Å². The zero-order chi connectivity index (χ0) is 16.2. The third-order valence-corrected chi connectivity index (χ3v) is 5.25. The third-order valence-electron chi connectivity index (χ3n) is 3.99. The molecule has 23 heavy (non-hydrogen) atoms. The first-order chi connectivity index (χ1) is 11.1. The highest BCUT2D eigenvalue weighted by atomic mass is 32.2. The quantitative estimate of drug-likeness (QED) is 0.907. The summed E-state index contributed by atoms with van der Waals surface area (Å²) in [5.74, 6) is -0.303. The number of amides is 2. The lowest BCUT2D eigenvalue weighted by molar-refractivity contribution is 0.236. The molecule has 0 saturated heterocycles. The normalized spacial score (nSPS) is 19.7. The minimum Gasteiger partial charge on any atom is -0.335 e. The summed E-state index contributed by atoms with van der Waals surface area (Å²) in [4.78, 5) is 15.0. The van der Waals surface area contributed by atoms with Crippen LogP contribution in [0.15, 0.2) is 59.5 Å². The van der Waals surface area contributed by atoms with Gasteiger partial charge >= 0.3 is 6.03 Å². The van der Waals surface area contributed by atoms with Crippen LogP contribution in [-0.2, 0) is 0 Å². The number of hydrogen-bond donors (Lipinski definition) is 1. The molecule has 3 rings (SSSR count). The molecule has 2 aromatic carbocycles. The molecule has 0 unspecified atom stereocenters. The van der Waals surface area contributed by atoms with Crippen molar-refractivity contribution in [2.45, 2.75) is 29.0 Å². The van der Waals surface area contributed by atoms with Crippen molar-refractivity contribution in [3.05, 3.63) is 60.4 Å². The number of carbonyl (C=O) groups is 1. The Bertz CT molecular complexity index is 656. The summed E-state index contributed by atoms with van der Waals surface area (Å²) in [6.07, 6.45) is 1.95. The van der Waals surface area contributed by atoms with E-state index in [9.17, 15) is 9.18 Å². The van der Waals surface area contributed by atoms with Gasteiger partial charge in [-0.05, 0) is 49.2 Å². The van der Waals surface area contributed by atoms with Gasteiger partial charge in [0, 0.05) is 28.9 Å². The summed E-state index contributed by atoms with van der Waals surface area (Å²) in [5.41, 5.74) is 0.679. The molecule has 1 N–H and O–H groups in total. The molecule has 1 fully saturated rings. The molecule has 1 saturated carbocycles. The number of nitrogens with one attached hydrogen (secondary N) is 1. The molecular formula is C18H19FN2OS. The smallest absolute Gasteiger partial charge is 0.321 e. The van der Waals surface area contributed by atoms with Crippen molar-refractivity contribution in [1.82, 2.24) is 5.32 Å². The van der Waals surface area contributed by atoms with Crippen LogP contribution in [0.2, 0.25) is 0 Å². The number of hydrogen-bond acceptors (Lipinski definition) is 2. The first-order valence-corrected chi connectivity index (χ1v) is 8.51. The van der Waals surface area contributed by atoms with Gasteiger partial charge in [0.25, 0.3) is 0 Å². The lowest BCUT2D eigenvalue weighted by Gasteiger charge is -2.36. The van der Waals surface area contributed by atoms with Crippen molar-refractivity contribution in [3.8, 4) is 0 Å². The van der Waals surface area contributed by atoms with Gasteiger partial charge in [0.1, 0.15) is 5.82 Å². The number of nitrogens with zero attached hydrogens (tertiary/aromatic N) is 1. The van der Waals surface area contributed by atoms with Crippen LogP contribution in [0.1, 0.15) is 12.8 Å². The molecule has 0 spiro atoms. The lowest BCUT2D eigenvalue weighted by atomic mass is 9.92. The molecule has 0 atom stereocenters. The second-order valence-electron chi connectivity index (χ2n) is 5.71. The number of carbonyl (C=O) groups excluding carboxylic acids is 1. The molecule has 120 valence electrons. The van der Waals surface area contributed by atoms with E-state index in [0.717, 1.165) is 12.8 Å². The second kappa shape index (κ2) is 7.04. The maximum absolute atomic E-state index is 12.9. The van der Waals surface area contributed by atoms with Gasteiger partial charge in [-0.15, -0.1) is 11.8 Å². The van der Waals surface area contributed by atoms with E-state index in [1.54, 1.807) is 19.2 Å². The van der Waals surface area contributed by atoms with Crippen molar-refractivity contribution in [2.24, 2.45) is 0 Å². The molecule has 1 aliphatic rings. The molecule has 3 nitrogen and oxygen atoms in total. The van der Waals surface area contributed by atoms with Gasteiger partial charge in [-0.2, -0.15) is 0 Å². The SMILES string of the molecule is CN(C(=O)NC1CC(Sc2ccccc2)C1)c1ccc(F)cc1. The van der Waals surface area contributed by atoms with E-state index in [0.29, 0.717) is 10.9 Å². The Morgan fingerprint density at radius 2 is 1.78 bits per heavy atom. The highest BCUT2D eigenvalue weighted by Gasteiger charge is 2.31. The average molecular weight is 330 g/mol. The number of halogens is 1. The molecule has 1 aliphatic carbocycles.